The summed E-state index contributed by atoms with van der Waals surface area (Å²) in [6.45, 7) is 3.16. The van der Waals surface area contributed by atoms with Crippen LogP contribution in [0.15, 0.2) is 54.7 Å². The molecule has 0 bridgehead atoms. The number of carbonyl (C=O) groups is 1. The molecule has 1 fully saturated rings. The fraction of sp³-hybridized carbons (Fsp3) is 0.190. The number of rotatable bonds is 6. The number of nitrogen functional groups attached to an aromatic ring is 1. The number of anilines is 5. The molecule has 0 radical (unpaired) electrons. The Morgan fingerprint density at radius 3 is 2.58 bits per heavy atom. The van der Waals surface area contributed by atoms with Crippen LogP contribution in [-0.2, 0) is 4.74 Å². The van der Waals surface area contributed by atoms with Gasteiger partial charge >= 0.3 is 0 Å². The van der Waals surface area contributed by atoms with Crippen LogP contribution in [0.25, 0.3) is 0 Å². The minimum atomic E-state index is -0.623. The average Bonchev–Trinajstić information content (AvgIpc) is 2.82. The second-order valence-corrected chi connectivity index (χ2v) is 6.84. The highest BCUT2D eigenvalue weighted by molar-refractivity contribution is 5.94. The maximum atomic E-state index is 14.2. The van der Waals surface area contributed by atoms with Gasteiger partial charge in [-0.2, -0.15) is 4.98 Å². The lowest BCUT2D eigenvalue weighted by Crippen LogP contribution is -2.36. The van der Waals surface area contributed by atoms with Crippen molar-refractivity contribution in [1.82, 2.24) is 15.4 Å². The molecule has 10 heteroatoms. The molecule has 1 aromatic heterocycles. The summed E-state index contributed by atoms with van der Waals surface area (Å²) < 4.78 is 19.6. The summed E-state index contributed by atoms with van der Waals surface area (Å²) in [7, 11) is 0. The number of morpholine rings is 1. The van der Waals surface area contributed by atoms with E-state index in [1.165, 1.54) is 0 Å². The summed E-state index contributed by atoms with van der Waals surface area (Å²) in [6, 6.07) is 14.3. The standard InChI is InChI=1S/C21H22FN7O2/c22-18-13-24-21(26-15-4-6-17(7-5-15)29-8-10-31-11-9-29)27-19(18)25-16-3-1-2-14(12-16)20(30)28-23/h1-7,12-13H,8-11,23H2,(H,28,30)(H2,24,25,26,27). The molecule has 0 unspecified atom stereocenters. The van der Waals surface area contributed by atoms with E-state index in [9.17, 15) is 9.18 Å². The van der Waals surface area contributed by atoms with Gasteiger partial charge in [-0.1, -0.05) is 6.07 Å². The number of nitrogens with one attached hydrogen (secondary N) is 3. The first-order chi connectivity index (χ1) is 15.1. The van der Waals surface area contributed by atoms with Gasteiger partial charge in [-0.05, 0) is 42.5 Å². The van der Waals surface area contributed by atoms with E-state index in [4.69, 9.17) is 10.6 Å². The minimum Gasteiger partial charge on any atom is -0.378 e. The van der Waals surface area contributed by atoms with Crippen molar-refractivity contribution >= 4 is 34.7 Å². The Labute approximate surface area is 178 Å². The van der Waals surface area contributed by atoms with Gasteiger partial charge in [0.25, 0.3) is 5.91 Å². The van der Waals surface area contributed by atoms with Gasteiger partial charge in [-0.15, -0.1) is 0 Å². The Kier molecular flexibility index (Phi) is 6.20. The van der Waals surface area contributed by atoms with Crippen LogP contribution < -0.4 is 26.8 Å². The summed E-state index contributed by atoms with van der Waals surface area (Å²) in [4.78, 5) is 22.1. The molecular weight excluding hydrogens is 401 g/mol. The van der Waals surface area contributed by atoms with Crippen LogP contribution >= 0.6 is 0 Å². The number of aromatic nitrogens is 2. The van der Waals surface area contributed by atoms with E-state index >= 15 is 0 Å². The van der Waals surface area contributed by atoms with E-state index in [-0.39, 0.29) is 11.8 Å². The molecule has 0 aliphatic carbocycles. The molecule has 2 heterocycles. The predicted molar refractivity (Wildman–Crippen MR) is 116 cm³/mol. The molecular formula is C21H22FN7O2. The highest BCUT2D eigenvalue weighted by atomic mass is 19.1. The lowest BCUT2D eigenvalue weighted by molar-refractivity contribution is 0.0953. The fourth-order valence-corrected chi connectivity index (χ4v) is 3.18. The van der Waals surface area contributed by atoms with Gasteiger partial charge in [-0.3, -0.25) is 10.2 Å². The van der Waals surface area contributed by atoms with Crippen molar-refractivity contribution < 1.29 is 13.9 Å². The molecule has 160 valence electrons. The van der Waals surface area contributed by atoms with Crippen molar-refractivity contribution in [2.24, 2.45) is 5.84 Å². The Bertz CT molecular complexity index is 1060. The number of benzene rings is 2. The smallest absolute Gasteiger partial charge is 0.265 e. The molecule has 4 rings (SSSR count). The maximum absolute atomic E-state index is 14.2. The van der Waals surface area contributed by atoms with Gasteiger partial charge in [0.2, 0.25) is 5.95 Å². The van der Waals surface area contributed by atoms with Crippen molar-refractivity contribution in [3.05, 3.63) is 66.1 Å². The first-order valence-electron chi connectivity index (χ1n) is 9.73. The monoisotopic (exact) mass is 423 g/mol. The summed E-state index contributed by atoms with van der Waals surface area (Å²) in [6.07, 6.45) is 1.08. The number of hydrazine groups is 1. The van der Waals surface area contributed by atoms with Crippen molar-refractivity contribution in [2.45, 2.75) is 0 Å². The average molecular weight is 423 g/mol. The van der Waals surface area contributed by atoms with Crippen molar-refractivity contribution in [3.63, 3.8) is 0 Å². The van der Waals surface area contributed by atoms with Crippen molar-refractivity contribution in [2.75, 3.05) is 41.8 Å². The summed E-state index contributed by atoms with van der Waals surface area (Å²) in [5.74, 6) is 4.30. The van der Waals surface area contributed by atoms with Gasteiger partial charge in [-0.25, -0.2) is 15.2 Å². The highest BCUT2D eigenvalue weighted by Crippen LogP contribution is 2.23. The zero-order chi connectivity index (χ0) is 21.6. The summed E-state index contributed by atoms with van der Waals surface area (Å²) >= 11 is 0. The molecule has 1 saturated heterocycles. The maximum Gasteiger partial charge on any atom is 0.265 e. The zero-order valence-corrected chi connectivity index (χ0v) is 16.6. The van der Waals surface area contributed by atoms with Crippen molar-refractivity contribution in [1.29, 1.82) is 0 Å². The van der Waals surface area contributed by atoms with Crippen molar-refractivity contribution in [3.8, 4) is 0 Å². The van der Waals surface area contributed by atoms with Crippen LogP contribution in [0, 0.1) is 5.82 Å². The first kappa shape index (κ1) is 20.5. The number of carbonyl (C=O) groups excluding carboxylic acids is 1. The third-order valence-electron chi connectivity index (χ3n) is 4.76. The SMILES string of the molecule is NNC(=O)c1cccc(Nc2nc(Nc3ccc(N4CCOCC4)cc3)ncc2F)c1. The number of nitrogens with two attached hydrogens (primary N) is 1. The third-order valence-corrected chi connectivity index (χ3v) is 4.76. The van der Waals surface area contributed by atoms with Crippen LogP contribution in [0.5, 0.6) is 0 Å². The Morgan fingerprint density at radius 1 is 1.06 bits per heavy atom. The van der Waals surface area contributed by atoms with Gasteiger partial charge in [0.15, 0.2) is 11.6 Å². The second-order valence-electron chi connectivity index (χ2n) is 6.84. The molecule has 3 aromatic rings. The van der Waals surface area contributed by atoms with Crippen LogP contribution in [-0.4, -0.2) is 42.2 Å². The van der Waals surface area contributed by atoms with E-state index in [1.807, 2.05) is 24.3 Å². The number of nitrogens with zero attached hydrogens (tertiary/aromatic N) is 3. The number of halogens is 1. The first-order valence-corrected chi connectivity index (χ1v) is 9.73. The number of hydrogen-bond acceptors (Lipinski definition) is 8. The molecule has 0 spiro atoms. The fourth-order valence-electron chi connectivity index (χ4n) is 3.18. The molecule has 1 aliphatic rings. The quantitative estimate of drug-likeness (QED) is 0.271. The molecule has 5 N–H and O–H groups in total. The van der Waals surface area contributed by atoms with Crippen LogP contribution in [0.4, 0.5) is 33.2 Å². The Morgan fingerprint density at radius 2 is 1.84 bits per heavy atom. The summed E-state index contributed by atoms with van der Waals surface area (Å²) in [5, 5.41) is 5.94. The molecule has 1 amide bonds. The molecule has 2 aromatic carbocycles. The normalized spacial score (nSPS) is 13.5. The molecule has 0 saturated carbocycles. The van der Waals surface area contributed by atoms with E-state index in [1.54, 1.807) is 24.3 Å². The largest absolute Gasteiger partial charge is 0.378 e. The van der Waals surface area contributed by atoms with Gasteiger partial charge in [0.05, 0.1) is 19.4 Å². The molecule has 0 atom stereocenters. The Hall–Kier alpha value is -3.76. The Balaban J connectivity index is 1.47. The number of hydrogen-bond donors (Lipinski definition) is 4. The molecule has 31 heavy (non-hydrogen) atoms. The van der Waals surface area contributed by atoms with Crippen LogP contribution in [0.1, 0.15) is 10.4 Å². The van der Waals surface area contributed by atoms with Crippen LogP contribution in [0.3, 0.4) is 0 Å². The van der Waals surface area contributed by atoms with Crippen LogP contribution in [0.2, 0.25) is 0 Å². The number of ether oxygens (including phenoxy) is 1. The lowest BCUT2D eigenvalue weighted by atomic mass is 10.2. The highest BCUT2D eigenvalue weighted by Gasteiger charge is 2.12. The van der Waals surface area contributed by atoms with Gasteiger partial charge < -0.3 is 20.3 Å². The van der Waals surface area contributed by atoms with E-state index in [2.05, 4.69) is 30.9 Å². The second kappa shape index (κ2) is 9.37. The number of amides is 1. The minimum absolute atomic E-state index is 0.0206. The topological polar surface area (TPSA) is 117 Å². The third kappa shape index (κ3) is 5.05. The molecule has 9 nitrogen and oxygen atoms in total. The zero-order valence-electron chi connectivity index (χ0n) is 16.6. The van der Waals surface area contributed by atoms with E-state index in [0.29, 0.717) is 11.3 Å². The predicted octanol–water partition coefficient (Wildman–Crippen LogP) is 2.54. The van der Waals surface area contributed by atoms with E-state index < -0.39 is 11.7 Å². The van der Waals surface area contributed by atoms with Gasteiger partial charge in [0.1, 0.15) is 0 Å². The van der Waals surface area contributed by atoms with E-state index in [0.717, 1.165) is 43.9 Å². The lowest BCUT2D eigenvalue weighted by Gasteiger charge is -2.28. The van der Waals surface area contributed by atoms with Gasteiger partial charge in [0, 0.05) is 35.7 Å². The summed E-state index contributed by atoms with van der Waals surface area (Å²) in [5.41, 5.74) is 4.76. The molecule has 1 aliphatic heterocycles.